The second kappa shape index (κ2) is 48.8. The fourth-order valence-electron chi connectivity index (χ4n) is 6.90. The highest BCUT2D eigenvalue weighted by Gasteiger charge is 2.19. The van der Waals surface area contributed by atoms with Gasteiger partial charge in [0.2, 0.25) is 0 Å². The third-order valence-electron chi connectivity index (χ3n) is 10.7. The van der Waals surface area contributed by atoms with Gasteiger partial charge in [-0.05, 0) is 83.5 Å². The molecule has 0 aliphatic heterocycles. The number of carbonyl (C=O) groups is 3. The molecule has 1 unspecified atom stereocenters. The first-order valence-electron chi connectivity index (χ1n) is 25.3. The molecule has 0 aliphatic carbocycles. The maximum absolute atomic E-state index is 12.8. The molecule has 6 nitrogen and oxygen atoms in total. The number of allylic oxidation sites excluding steroid dienone is 10. The highest BCUT2D eigenvalue weighted by Crippen LogP contribution is 2.14. The number of carbonyl (C=O) groups excluding carboxylic acids is 3. The molecule has 0 aromatic rings. The Labute approximate surface area is 370 Å². The third-order valence-corrected chi connectivity index (χ3v) is 10.7. The fraction of sp³-hybridized carbons (Fsp3) is 0.759. The topological polar surface area (TPSA) is 78.9 Å². The Morgan fingerprint density at radius 3 is 1.05 bits per heavy atom. The number of unbranched alkanes of at least 4 members (excludes halogenated alkanes) is 24. The summed E-state index contributed by atoms with van der Waals surface area (Å²) in [6, 6.07) is 0. The van der Waals surface area contributed by atoms with Crippen LogP contribution in [0.5, 0.6) is 0 Å². The Kier molecular flexibility index (Phi) is 46.4. The lowest BCUT2D eigenvalue weighted by Gasteiger charge is -2.18. The smallest absolute Gasteiger partial charge is 0.306 e. The van der Waals surface area contributed by atoms with E-state index in [0.717, 1.165) is 77.0 Å². The standard InChI is InChI=1S/C54H94O6/c1-4-7-10-13-16-19-21-23-25-27-29-30-32-35-38-41-44-47-53(56)59-50-51(49-58-52(55)46-43-40-37-34-18-15-12-9-6-3)60-54(57)48-45-42-39-36-33-31-28-26-24-22-20-17-14-11-8-5-2/h16,19,23,25-26,28-30,35,38,51H,4-15,17-18,20-22,24,27,31-34,36-37,39-50H2,1-3H3/b19-16-,25-23-,28-26-,30-29-,38-35-. The summed E-state index contributed by atoms with van der Waals surface area (Å²) in [7, 11) is 0. The minimum atomic E-state index is -0.796. The number of rotatable bonds is 45. The molecule has 0 fully saturated rings. The van der Waals surface area contributed by atoms with Crippen LogP contribution in [0.3, 0.4) is 0 Å². The van der Waals surface area contributed by atoms with Gasteiger partial charge in [-0.25, -0.2) is 0 Å². The first-order chi connectivity index (χ1) is 29.5. The first-order valence-corrected chi connectivity index (χ1v) is 25.3. The molecule has 0 saturated heterocycles. The van der Waals surface area contributed by atoms with Crippen molar-refractivity contribution >= 4 is 17.9 Å². The minimum absolute atomic E-state index is 0.0933. The van der Waals surface area contributed by atoms with Gasteiger partial charge in [-0.2, -0.15) is 0 Å². The van der Waals surface area contributed by atoms with E-state index in [0.29, 0.717) is 19.3 Å². The summed E-state index contributed by atoms with van der Waals surface area (Å²) in [4.78, 5) is 37.8. The van der Waals surface area contributed by atoms with Crippen molar-refractivity contribution < 1.29 is 28.6 Å². The average Bonchev–Trinajstić information content (AvgIpc) is 3.24. The van der Waals surface area contributed by atoms with Crippen LogP contribution in [-0.2, 0) is 28.6 Å². The summed E-state index contributed by atoms with van der Waals surface area (Å²) in [5, 5.41) is 0. The third kappa shape index (κ3) is 46.2. The van der Waals surface area contributed by atoms with E-state index in [1.54, 1.807) is 0 Å². The second-order valence-electron chi connectivity index (χ2n) is 16.7. The molecule has 0 saturated carbocycles. The van der Waals surface area contributed by atoms with Crippen molar-refractivity contribution in [2.75, 3.05) is 13.2 Å². The zero-order valence-corrected chi connectivity index (χ0v) is 39.5. The van der Waals surface area contributed by atoms with Crippen LogP contribution >= 0.6 is 0 Å². The summed E-state index contributed by atoms with van der Waals surface area (Å²) >= 11 is 0. The van der Waals surface area contributed by atoms with Crippen molar-refractivity contribution in [3.05, 3.63) is 60.8 Å². The Balaban J connectivity index is 4.43. The van der Waals surface area contributed by atoms with Gasteiger partial charge in [-0.3, -0.25) is 14.4 Å². The molecular weight excluding hydrogens is 745 g/mol. The number of ether oxygens (including phenoxy) is 3. The highest BCUT2D eigenvalue weighted by atomic mass is 16.6. The summed E-state index contributed by atoms with van der Waals surface area (Å²) in [5.74, 6) is -0.961. The summed E-state index contributed by atoms with van der Waals surface area (Å²) < 4.78 is 16.7. The van der Waals surface area contributed by atoms with Gasteiger partial charge in [0.15, 0.2) is 6.10 Å². The summed E-state index contributed by atoms with van der Waals surface area (Å²) in [6.07, 6.45) is 59.2. The van der Waals surface area contributed by atoms with E-state index < -0.39 is 6.10 Å². The molecule has 0 aliphatic rings. The van der Waals surface area contributed by atoms with Crippen LogP contribution in [0, 0.1) is 0 Å². The maximum Gasteiger partial charge on any atom is 0.306 e. The Morgan fingerprint density at radius 2 is 0.617 bits per heavy atom. The maximum atomic E-state index is 12.8. The van der Waals surface area contributed by atoms with Gasteiger partial charge in [-0.15, -0.1) is 0 Å². The van der Waals surface area contributed by atoms with Crippen LogP contribution in [0.2, 0.25) is 0 Å². The number of esters is 3. The Bertz CT molecular complexity index is 1100. The lowest BCUT2D eigenvalue weighted by molar-refractivity contribution is -0.167. The highest BCUT2D eigenvalue weighted by molar-refractivity contribution is 5.71. The van der Waals surface area contributed by atoms with Gasteiger partial charge < -0.3 is 14.2 Å². The molecule has 0 heterocycles. The van der Waals surface area contributed by atoms with Crippen LogP contribution < -0.4 is 0 Å². The quantitative estimate of drug-likeness (QED) is 0.0263. The molecular formula is C54H94O6. The van der Waals surface area contributed by atoms with E-state index in [-0.39, 0.29) is 37.5 Å². The van der Waals surface area contributed by atoms with Crippen molar-refractivity contribution in [1.29, 1.82) is 0 Å². The van der Waals surface area contributed by atoms with Gasteiger partial charge in [0, 0.05) is 19.3 Å². The zero-order valence-electron chi connectivity index (χ0n) is 39.5. The molecule has 0 rings (SSSR count). The molecule has 0 amide bonds. The molecule has 60 heavy (non-hydrogen) atoms. The Hall–Kier alpha value is -2.89. The van der Waals surface area contributed by atoms with Crippen LogP contribution in [0.4, 0.5) is 0 Å². The number of hydrogen-bond acceptors (Lipinski definition) is 6. The predicted molar refractivity (Wildman–Crippen MR) is 256 cm³/mol. The van der Waals surface area contributed by atoms with Gasteiger partial charge in [0.05, 0.1) is 0 Å². The van der Waals surface area contributed by atoms with E-state index in [1.165, 1.54) is 122 Å². The van der Waals surface area contributed by atoms with Crippen molar-refractivity contribution in [2.24, 2.45) is 0 Å². The van der Waals surface area contributed by atoms with E-state index in [2.05, 4.69) is 81.5 Å². The van der Waals surface area contributed by atoms with Crippen molar-refractivity contribution in [3.8, 4) is 0 Å². The molecule has 0 bridgehead atoms. The van der Waals surface area contributed by atoms with E-state index in [1.807, 2.05) is 0 Å². The van der Waals surface area contributed by atoms with Gasteiger partial charge in [-0.1, -0.05) is 204 Å². The zero-order chi connectivity index (χ0) is 43.7. The lowest BCUT2D eigenvalue weighted by Crippen LogP contribution is -2.30. The molecule has 1 atom stereocenters. The molecule has 0 aromatic heterocycles. The van der Waals surface area contributed by atoms with Crippen LogP contribution in [0.25, 0.3) is 0 Å². The fourth-order valence-corrected chi connectivity index (χ4v) is 6.90. The molecule has 346 valence electrons. The van der Waals surface area contributed by atoms with Crippen molar-refractivity contribution in [1.82, 2.24) is 0 Å². The summed E-state index contributed by atoms with van der Waals surface area (Å²) in [5.41, 5.74) is 0. The lowest BCUT2D eigenvalue weighted by atomic mass is 10.1. The van der Waals surface area contributed by atoms with Gasteiger partial charge in [0.1, 0.15) is 13.2 Å². The first kappa shape index (κ1) is 57.1. The largest absolute Gasteiger partial charge is 0.462 e. The van der Waals surface area contributed by atoms with E-state index in [4.69, 9.17) is 14.2 Å². The van der Waals surface area contributed by atoms with E-state index >= 15 is 0 Å². The molecule has 0 radical (unpaired) electrons. The molecule has 0 N–H and O–H groups in total. The normalized spacial score (nSPS) is 12.5. The molecule has 0 spiro atoms. The van der Waals surface area contributed by atoms with Crippen molar-refractivity contribution in [2.45, 2.75) is 252 Å². The van der Waals surface area contributed by atoms with E-state index in [9.17, 15) is 14.4 Å². The van der Waals surface area contributed by atoms with Gasteiger partial charge >= 0.3 is 17.9 Å². The number of hydrogen-bond donors (Lipinski definition) is 0. The minimum Gasteiger partial charge on any atom is -0.462 e. The van der Waals surface area contributed by atoms with Crippen LogP contribution in [0.15, 0.2) is 60.8 Å². The second-order valence-corrected chi connectivity index (χ2v) is 16.7. The Morgan fingerprint density at radius 1 is 0.333 bits per heavy atom. The summed E-state index contributed by atoms with van der Waals surface area (Å²) in [6.45, 7) is 6.53. The van der Waals surface area contributed by atoms with Crippen molar-refractivity contribution in [3.63, 3.8) is 0 Å². The predicted octanol–water partition coefficient (Wildman–Crippen LogP) is 16.5. The van der Waals surface area contributed by atoms with Gasteiger partial charge in [0.25, 0.3) is 0 Å². The molecule has 0 aromatic carbocycles. The monoisotopic (exact) mass is 839 g/mol. The molecule has 6 heteroatoms. The average molecular weight is 839 g/mol. The SMILES string of the molecule is CCCCC/C=C\C/C=C\C/C=C\C/C=C\CCCC(=O)OCC(COC(=O)CCCCCCCCCCC)OC(=O)CCCCCCC/C=C\CCCCCCCCC. The van der Waals surface area contributed by atoms with Crippen LogP contribution in [-0.4, -0.2) is 37.2 Å². The van der Waals surface area contributed by atoms with Crippen LogP contribution in [0.1, 0.15) is 245 Å².